The van der Waals surface area contributed by atoms with Crippen LogP contribution in [0.5, 0.6) is 0 Å². The van der Waals surface area contributed by atoms with Crippen LogP contribution in [0.3, 0.4) is 0 Å². The van der Waals surface area contributed by atoms with Gasteiger partial charge in [0.1, 0.15) is 0 Å². The van der Waals surface area contributed by atoms with Crippen LogP contribution in [0.2, 0.25) is 0 Å². The molecule has 2 aromatic heterocycles. The zero-order valence-electron chi connectivity index (χ0n) is 11.3. The van der Waals surface area contributed by atoms with Crippen molar-refractivity contribution in [1.29, 1.82) is 0 Å². The summed E-state index contributed by atoms with van der Waals surface area (Å²) in [6.45, 7) is 6.66. The molecule has 0 atom stereocenters. The Bertz CT molecular complexity index is 616. The van der Waals surface area contributed by atoms with Crippen molar-refractivity contribution in [3.05, 3.63) is 23.5 Å². The zero-order chi connectivity index (χ0) is 13.3. The van der Waals surface area contributed by atoms with Gasteiger partial charge in [0.25, 0.3) is 0 Å². The molecule has 18 heavy (non-hydrogen) atoms. The first-order valence-corrected chi connectivity index (χ1v) is 5.94. The van der Waals surface area contributed by atoms with E-state index in [0.29, 0.717) is 6.54 Å². The fourth-order valence-electron chi connectivity index (χ4n) is 1.82. The predicted octanol–water partition coefficient (Wildman–Crippen LogP) is 1.78. The normalized spacial score (nSPS) is 11.7. The van der Waals surface area contributed by atoms with E-state index in [4.69, 9.17) is 6.42 Å². The first kappa shape index (κ1) is 12.6. The van der Waals surface area contributed by atoms with E-state index >= 15 is 0 Å². The van der Waals surface area contributed by atoms with Crippen LogP contribution in [0.1, 0.15) is 25.1 Å². The molecule has 0 amide bonds. The van der Waals surface area contributed by atoms with Gasteiger partial charge in [0.15, 0.2) is 5.65 Å². The van der Waals surface area contributed by atoms with E-state index in [9.17, 15) is 0 Å². The van der Waals surface area contributed by atoms with E-state index in [1.807, 2.05) is 34.0 Å². The second-order valence-electron chi connectivity index (χ2n) is 5.05. The highest BCUT2D eigenvalue weighted by Gasteiger charge is 2.13. The smallest absolute Gasteiger partial charge is 0.157 e. The van der Waals surface area contributed by atoms with E-state index in [0.717, 1.165) is 22.3 Å². The summed E-state index contributed by atoms with van der Waals surface area (Å²) in [6.07, 6.45) is 7.31. The average molecular weight is 242 g/mol. The van der Waals surface area contributed by atoms with Gasteiger partial charge >= 0.3 is 0 Å². The largest absolute Gasteiger partial charge is 0.297 e. The Balaban J connectivity index is 2.26. The summed E-state index contributed by atoms with van der Waals surface area (Å²) in [5.41, 5.74) is 2.71. The maximum atomic E-state index is 5.45. The summed E-state index contributed by atoms with van der Waals surface area (Å²) >= 11 is 0. The van der Waals surface area contributed by atoms with Crippen LogP contribution in [0, 0.1) is 19.3 Å². The van der Waals surface area contributed by atoms with Crippen LogP contribution in [0.25, 0.3) is 11.0 Å². The number of rotatable bonds is 3. The minimum Gasteiger partial charge on any atom is -0.297 e. The molecular formula is C14H18N4. The van der Waals surface area contributed by atoms with E-state index < -0.39 is 0 Å². The molecule has 2 rings (SSSR count). The fraction of sp³-hybridized carbons (Fsp3) is 0.429. The number of nitrogens with zero attached hydrogens (tertiary/aromatic N) is 3. The van der Waals surface area contributed by atoms with Crippen molar-refractivity contribution in [2.45, 2.75) is 32.9 Å². The van der Waals surface area contributed by atoms with Gasteiger partial charge in [-0.15, -0.1) is 6.42 Å². The number of pyridine rings is 1. The van der Waals surface area contributed by atoms with Gasteiger partial charge in [0.2, 0.25) is 0 Å². The number of hydrogen-bond donors (Lipinski definition) is 1. The SMILES string of the molecule is C#CC(C)(C)NCc1cnc2c(c1)c(C)nn2C. The molecule has 4 nitrogen and oxygen atoms in total. The summed E-state index contributed by atoms with van der Waals surface area (Å²) in [5.74, 6) is 2.72. The number of fused-ring (bicyclic) bond motifs is 1. The standard InChI is InChI=1S/C14H18N4/c1-6-14(3,4)16-9-11-7-12-10(2)17-18(5)13(12)15-8-11/h1,7-8,16H,9H2,2-5H3. The van der Waals surface area contributed by atoms with E-state index in [2.05, 4.69) is 27.4 Å². The molecule has 4 heteroatoms. The lowest BCUT2D eigenvalue weighted by Crippen LogP contribution is -2.36. The van der Waals surface area contributed by atoms with Crippen molar-refractivity contribution < 1.29 is 0 Å². The van der Waals surface area contributed by atoms with Crippen LogP contribution in [-0.2, 0) is 13.6 Å². The van der Waals surface area contributed by atoms with Gasteiger partial charge in [-0.1, -0.05) is 5.92 Å². The minimum absolute atomic E-state index is 0.307. The molecule has 0 bridgehead atoms. The maximum Gasteiger partial charge on any atom is 0.157 e. The Hall–Kier alpha value is -1.86. The van der Waals surface area contributed by atoms with Gasteiger partial charge in [-0.05, 0) is 32.4 Å². The van der Waals surface area contributed by atoms with Crippen LogP contribution >= 0.6 is 0 Å². The fourth-order valence-corrected chi connectivity index (χ4v) is 1.82. The van der Waals surface area contributed by atoms with Gasteiger partial charge in [-0.3, -0.25) is 10.00 Å². The highest BCUT2D eigenvalue weighted by atomic mass is 15.3. The van der Waals surface area contributed by atoms with Crippen LogP contribution < -0.4 is 5.32 Å². The topological polar surface area (TPSA) is 42.7 Å². The van der Waals surface area contributed by atoms with E-state index in [1.165, 1.54) is 0 Å². The number of aryl methyl sites for hydroxylation is 2. The highest BCUT2D eigenvalue weighted by Crippen LogP contribution is 2.16. The van der Waals surface area contributed by atoms with Gasteiger partial charge in [0.05, 0.1) is 11.2 Å². The number of hydrogen-bond acceptors (Lipinski definition) is 3. The molecule has 2 aromatic rings. The molecule has 0 aliphatic carbocycles. The van der Waals surface area contributed by atoms with Gasteiger partial charge in [-0.25, -0.2) is 4.98 Å². The highest BCUT2D eigenvalue weighted by molar-refractivity contribution is 5.78. The Morgan fingerprint density at radius 2 is 2.22 bits per heavy atom. The quantitative estimate of drug-likeness (QED) is 0.834. The van der Waals surface area contributed by atoms with Crippen molar-refractivity contribution in [2.24, 2.45) is 7.05 Å². The molecule has 0 fully saturated rings. The first-order chi connectivity index (χ1) is 8.43. The molecule has 0 aliphatic rings. The second-order valence-corrected chi connectivity index (χ2v) is 5.05. The van der Waals surface area contributed by atoms with Crippen molar-refractivity contribution >= 4 is 11.0 Å². The van der Waals surface area contributed by atoms with Crippen LogP contribution in [0.4, 0.5) is 0 Å². The van der Waals surface area contributed by atoms with Crippen molar-refractivity contribution in [2.75, 3.05) is 0 Å². The van der Waals surface area contributed by atoms with Gasteiger partial charge < -0.3 is 0 Å². The van der Waals surface area contributed by atoms with Crippen molar-refractivity contribution in [1.82, 2.24) is 20.1 Å². The molecule has 94 valence electrons. The van der Waals surface area contributed by atoms with Crippen LogP contribution in [0.15, 0.2) is 12.3 Å². The Morgan fingerprint density at radius 1 is 1.50 bits per heavy atom. The summed E-state index contributed by atoms with van der Waals surface area (Å²) in [4.78, 5) is 4.44. The summed E-state index contributed by atoms with van der Waals surface area (Å²) in [7, 11) is 1.90. The van der Waals surface area contributed by atoms with Crippen molar-refractivity contribution in [3.63, 3.8) is 0 Å². The number of aromatic nitrogens is 3. The zero-order valence-corrected chi connectivity index (χ0v) is 11.3. The van der Waals surface area contributed by atoms with E-state index in [-0.39, 0.29) is 5.54 Å². The molecule has 0 aromatic carbocycles. The summed E-state index contributed by atoms with van der Waals surface area (Å²) in [5, 5.41) is 8.76. The number of terminal acetylenes is 1. The van der Waals surface area contributed by atoms with Crippen LogP contribution in [-0.4, -0.2) is 20.3 Å². The molecule has 0 radical (unpaired) electrons. The minimum atomic E-state index is -0.307. The Morgan fingerprint density at radius 3 is 2.89 bits per heavy atom. The Kier molecular flexibility index (Phi) is 3.10. The lowest BCUT2D eigenvalue weighted by atomic mass is 10.1. The third-order valence-corrected chi connectivity index (χ3v) is 3.01. The molecular weight excluding hydrogens is 224 g/mol. The maximum absolute atomic E-state index is 5.45. The molecule has 0 saturated heterocycles. The van der Waals surface area contributed by atoms with Crippen molar-refractivity contribution in [3.8, 4) is 12.3 Å². The molecule has 2 heterocycles. The molecule has 0 saturated carbocycles. The third kappa shape index (κ3) is 2.36. The predicted molar refractivity (Wildman–Crippen MR) is 73.0 cm³/mol. The third-order valence-electron chi connectivity index (χ3n) is 3.01. The summed E-state index contributed by atoms with van der Waals surface area (Å²) in [6, 6.07) is 2.12. The monoisotopic (exact) mass is 242 g/mol. The second kappa shape index (κ2) is 4.43. The van der Waals surface area contributed by atoms with Gasteiger partial charge in [-0.2, -0.15) is 5.10 Å². The molecule has 0 spiro atoms. The average Bonchev–Trinajstić information content (AvgIpc) is 2.63. The Labute approximate surface area is 107 Å². The molecule has 0 unspecified atom stereocenters. The van der Waals surface area contributed by atoms with E-state index in [1.54, 1.807) is 4.68 Å². The van der Waals surface area contributed by atoms with Gasteiger partial charge in [0, 0.05) is 25.2 Å². The summed E-state index contributed by atoms with van der Waals surface area (Å²) < 4.78 is 1.80. The molecule has 1 N–H and O–H groups in total. The lowest BCUT2D eigenvalue weighted by molar-refractivity contribution is 0.490. The lowest BCUT2D eigenvalue weighted by Gasteiger charge is -2.19. The number of nitrogens with one attached hydrogen (secondary N) is 1. The first-order valence-electron chi connectivity index (χ1n) is 5.94. The molecule has 0 aliphatic heterocycles.